The van der Waals surface area contributed by atoms with E-state index in [2.05, 4.69) is 15.3 Å². The van der Waals surface area contributed by atoms with Crippen LogP contribution in [0.15, 0.2) is 36.8 Å². The zero-order chi connectivity index (χ0) is 14.8. The molecule has 0 aliphatic carbocycles. The zero-order valence-corrected chi connectivity index (χ0v) is 12.1. The van der Waals surface area contributed by atoms with Gasteiger partial charge < -0.3 is 19.4 Å². The highest BCUT2D eigenvalue weighted by molar-refractivity contribution is 5.89. The summed E-state index contributed by atoms with van der Waals surface area (Å²) in [4.78, 5) is 8.59. The third-order valence-corrected chi connectivity index (χ3v) is 3.32. The molecule has 3 aromatic rings. The molecular formula is C15H16N4O2. The fraction of sp³-hybridized carbons (Fsp3) is 0.200. The topological polar surface area (TPSA) is 61.2 Å². The standard InChI is InChI=1S/C15H16N4O2/c1-19-7-6-11-14(16-9-17-15(11)19)18-12-8-10(20-2)4-5-13(12)21-3/h4-9H,1-3H3,(H,16,17,18). The monoisotopic (exact) mass is 284 g/mol. The van der Waals surface area contributed by atoms with Gasteiger partial charge in [-0.1, -0.05) is 0 Å². The van der Waals surface area contributed by atoms with E-state index in [1.54, 1.807) is 14.2 Å². The second kappa shape index (κ2) is 5.32. The summed E-state index contributed by atoms with van der Waals surface area (Å²) < 4.78 is 12.6. The molecule has 21 heavy (non-hydrogen) atoms. The van der Waals surface area contributed by atoms with E-state index in [9.17, 15) is 0 Å². The van der Waals surface area contributed by atoms with E-state index < -0.39 is 0 Å². The van der Waals surface area contributed by atoms with Gasteiger partial charge in [-0.05, 0) is 18.2 Å². The van der Waals surface area contributed by atoms with Crippen molar-refractivity contribution >= 4 is 22.5 Å². The molecule has 0 fully saturated rings. The molecule has 108 valence electrons. The maximum absolute atomic E-state index is 5.37. The van der Waals surface area contributed by atoms with Crippen LogP contribution < -0.4 is 14.8 Å². The van der Waals surface area contributed by atoms with E-state index in [0.717, 1.165) is 34.0 Å². The summed E-state index contributed by atoms with van der Waals surface area (Å²) in [7, 11) is 5.21. The molecule has 0 atom stereocenters. The van der Waals surface area contributed by atoms with Crippen molar-refractivity contribution in [3.8, 4) is 11.5 Å². The lowest BCUT2D eigenvalue weighted by atomic mass is 10.2. The van der Waals surface area contributed by atoms with Crippen molar-refractivity contribution in [1.82, 2.24) is 14.5 Å². The van der Waals surface area contributed by atoms with Crippen molar-refractivity contribution in [3.05, 3.63) is 36.8 Å². The highest BCUT2D eigenvalue weighted by Crippen LogP contribution is 2.32. The number of ether oxygens (including phenoxy) is 2. The molecule has 0 aliphatic rings. The second-order valence-electron chi connectivity index (χ2n) is 4.58. The van der Waals surface area contributed by atoms with Gasteiger partial charge in [-0.15, -0.1) is 0 Å². The normalized spacial score (nSPS) is 10.6. The Morgan fingerprint density at radius 1 is 1.10 bits per heavy atom. The molecule has 0 spiro atoms. The first-order valence-corrected chi connectivity index (χ1v) is 6.48. The summed E-state index contributed by atoms with van der Waals surface area (Å²) >= 11 is 0. The summed E-state index contributed by atoms with van der Waals surface area (Å²) in [5.41, 5.74) is 1.66. The average Bonchev–Trinajstić information content (AvgIpc) is 2.90. The fourth-order valence-corrected chi connectivity index (χ4v) is 2.22. The van der Waals surface area contributed by atoms with Gasteiger partial charge in [0.25, 0.3) is 0 Å². The van der Waals surface area contributed by atoms with E-state index in [-0.39, 0.29) is 0 Å². The number of benzene rings is 1. The van der Waals surface area contributed by atoms with Crippen LogP contribution in [-0.4, -0.2) is 28.8 Å². The second-order valence-corrected chi connectivity index (χ2v) is 4.58. The molecule has 0 saturated carbocycles. The fourth-order valence-electron chi connectivity index (χ4n) is 2.22. The third kappa shape index (κ3) is 2.35. The number of aromatic nitrogens is 3. The van der Waals surface area contributed by atoms with Gasteiger partial charge >= 0.3 is 0 Å². The number of rotatable bonds is 4. The van der Waals surface area contributed by atoms with Crippen LogP contribution in [0, 0.1) is 0 Å². The van der Waals surface area contributed by atoms with Crippen molar-refractivity contribution in [2.45, 2.75) is 0 Å². The van der Waals surface area contributed by atoms with Crippen LogP contribution in [0.25, 0.3) is 11.0 Å². The molecule has 6 heteroatoms. The minimum absolute atomic E-state index is 0.721. The van der Waals surface area contributed by atoms with Crippen LogP contribution in [0.3, 0.4) is 0 Å². The Morgan fingerprint density at radius 3 is 2.71 bits per heavy atom. The lowest BCUT2D eigenvalue weighted by Gasteiger charge is -2.12. The maximum Gasteiger partial charge on any atom is 0.145 e. The molecule has 0 amide bonds. The number of nitrogens with zero attached hydrogens (tertiary/aromatic N) is 3. The van der Waals surface area contributed by atoms with Crippen LogP contribution in [0.2, 0.25) is 0 Å². The molecule has 1 N–H and O–H groups in total. The van der Waals surface area contributed by atoms with Gasteiger partial charge in [0, 0.05) is 19.3 Å². The van der Waals surface area contributed by atoms with E-state index in [1.165, 1.54) is 6.33 Å². The van der Waals surface area contributed by atoms with Crippen molar-refractivity contribution < 1.29 is 9.47 Å². The molecule has 2 heterocycles. The van der Waals surface area contributed by atoms with E-state index in [4.69, 9.17) is 9.47 Å². The van der Waals surface area contributed by atoms with Crippen LogP contribution in [0.4, 0.5) is 11.5 Å². The number of anilines is 2. The van der Waals surface area contributed by atoms with E-state index >= 15 is 0 Å². The Hall–Kier alpha value is -2.76. The van der Waals surface area contributed by atoms with Gasteiger partial charge in [-0.25, -0.2) is 9.97 Å². The molecule has 0 saturated heterocycles. The largest absolute Gasteiger partial charge is 0.497 e. The minimum atomic E-state index is 0.721. The molecule has 6 nitrogen and oxygen atoms in total. The van der Waals surface area contributed by atoms with Gasteiger partial charge in [-0.3, -0.25) is 0 Å². The number of aryl methyl sites for hydroxylation is 1. The van der Waals surface area contributed by atoms with Crippen LogP contribution in [0.5, 0.6) is 11.5 Å². The van der Waals surface area contributed by atoms with E-state index in [0.29, 0.717) is 0 Å². The molecule has 1 aromatic carbocycles. The van der Waals surface area contributed by atoms with Crippen LogP contribution in [-0.2, 0) is 7.05 Å². The predicted octanol–water partition coefficient (Wildman–Crippen LogP) is 2.73. The number of fused-ring (bicyclic) bond motifs is 1. The molecule has 0 radical (unpaired) electrons. The zero-order valence-electron chi connectivity index (χ0n) is 12.1. The van der Waals surface area contributed by atoms with Crippen molar-refractivity contribution in [1.29, 1.82) is 0 Å². The van der Waals surface area contributed by atoms with Gasteiger partial charge in [0.05, 0.1) is 25.3 Å². The Bertz CT molecular complexity index is 782. The maximum atomic E-state index is 5.37. The highest BCUT2D eigenvalue weighted by atomic mass is 16.5. The summed E-state index contributed by atoms with van der Waals surface area (Å²) in [6.45, 7) is 0. The smallest absolute Gasteiger partial charge is 0.145 e. The van der Waals surface area contributed by atoms with Crippen molar-refractivity contribution in [2.24, 2.45) is 7.05 Å². The van der Waals surface area contributed by atoms with Crippen LogP contribution in [0.1, 0.15) is 0 Å². The lowest BCUT2D eigenvalue weighted by molar-refractivity contribution is 0.405. The number of hydrogen-bond acceptors (Lipinski definition) is 5. The quantitative estimate of drug-likeness (QED) is 0.798. The average molecular weight is 284 g/mol. The van der Waals surface area contributed by atoms with Crippen molar-refractivity contribution in [2.75, 3.05) is 19.5 Å². The summed E-state index contributed by atoms with van der Waals surface area (Å²) in [6.07, 6.45) is 3.49. The SMILES string of the molecule is COc1ccc(OC)c(Nc2ncnc3c2ccn3C)c1. The molecule has 2 aromatic heterocycles. The van der Waals surface area contributed by atoms with Gasteiger partial charge in [-0.2, -0.15) is 0 Å². The highest BCUT2D eigenvalue weighted by Gasteiger charge is 2.10. The third-order valence-electron chi connectivity index (χ3n) is 3.32. The Balaban J connectivity index is 2.06. The van der Waals surface area contributed by atoms with Crippen molar-refractivity contribution in [3.63, 3.8) is 0 Å². The summed E-state index contributed by atoms with van der Waals surface area (Å²) in [6, 6.07) is 7.55. The van der Waals surface area contributed by atoms with Crippen LogP contribution >= 0.6 is 0 Å². The molecule has 0 unspecified atom stereocenters. The summed E-state index contributed by atoms with van der Waals surface area (Å²) in [5.74, 6) is 2.20. The van der Waals surface area contributed by atoms with Gasteiger partial charge in [0.15, 0.2) is 0 Å². The first-order valence-electron chi connectivity index (χ1n) is 6.48. The first-order chi connectivity index (χ1) is 10.2. The van der Waals surface area contributed by atoms with E-state index in [1.807, 2.05) is 42.1 Å². The Kier molecular flexibility index (Phi) is 3.35. The molecular weight excluding hydrogens is 268 g/mol. The summed E-state index contributed by atoms with van der Waals surface area (Å²) in [5, 5.41) is 4.23. The lowest BCUT2D eigenvalue weighted by Crippen LogP contribution is -1.99. The minimum Gasteiger partial charge on any atom is -0.497 e. The number of methoxy groups -OCH3 is 2. The predicted molar refractivity (Wildman–Crippen MR) is 81.3 cm³/mol. The Labute approximate surface area is 122 Å². The molecule has 0 aliphatic heterocycles. The Morgan fingerprint density at radius 2 is 1.95 bits per heavy atom. The first kappa shape index (κ1) is 13.2. The van der Waals surface area contributed by atoms with Gasteiger partial charge in [0.1, 0.15) is 29.3 Å². The van der Waals surface area contributed by atoms with Gasteiger partial charge in [0.2, 0.25) is 0 Å². The molecule has 0 bridgehead atoms. The number of hydrogen-bond donors (Lipinski definition) is 1. The number of nitrogens with one attached hydrogen (secondary N) is 1. The molecule has 3 rings (SSSR count).